The van der Waals surface area contributed by atoms with Gasteiger partial charge in [-0.2, -0.15) is 0 Å². The number of nitrogens with one attached hydrogen (secondary N) is 4. The van der Waals surface area contributed by atoms with Crippen molar-refractivity contribution in [2.24, 2.45) is 11.8 Å². The van der Waals surface area contributed by atoms with Crippen LogP contribution in [0.3, 0.4) is 0 Å². The van der Waals surface area contributed by atoms with E-state index >= 15 is 0 Å². The predicted molar refractivity (Wildman–Crippen MR) is 208 cm³/mol. The molecule has 4 aromatic rings. The maximum absolute atomic E-state index is 13.5. The van der Waals surface area contributed by atoms with Crippen LogP contribution >= 0.6 is 11.8 Å². The molecule has 3 atom stereocenters. The minimum absolute atomic E-state index is 0.115. The number of ether oxygens (including phenoxy) is 2. The molecule has 0 aliphatic carbocycles. The zero-order chi connectivity index (χ0) is 38.9. The minimum Gasteiger partial charge on any atom is -0.453 e. The van der Waals surface area contributed by atoms with Crippen molar-refractivity contribution in [3.63, 3.8) is 0 Å². The average molecular weight is 759 g/mol. The van der Waals surface area contributed by atoms with E-state index in [1.165, 1.54) is 14.2 Å². The highest BCUT2D eigenvalue weighted by atomic mass is 32.2. The van der Waals surface area contributed by atoms with Crippen LogP contribution in [-0.2, 0) is 25.6 Å². The number of aromatic amines is 2. The largest absolute Gasteiger partial charge is 0.453 e. The van der Waals surface area contributed by atoms with Crippen molar-refractivity contribution < 1.29 is 28.7 Å². The third kappa shape index (κ3) is 9.43. The molecule has 2 aromatic heterocycles. The molecule has 0 spiro atoms. The summed E-state index contributed by atoms with van der Waals surface area (Å²) in [5, 5.41) is 5.06. The van der Waals surface area contributed by atoms with Gasteiger partial charge in [-0.05, 0) is 40.5 Å². The third-order valence-electron chi connectivity index (χ3n) is 9.29. The Kier molecular flexibility index (Phi) is 13.4. The molecule has 5 rings (SSSR count). The molecule has 1 aliphatic rings. The highest BCUT2D eigenvalue weighted by Crippen LogP contribution is 2.38. The van der Waals surface area contributed by atoms with E-state index in [-0.39, 0.29) is 35.6 Å². The first kappa shape index (κ1) is 39.9. The first-order valence-electron chi connectivity index (χ1n) is 18.1. The molecule has 1 saturated heterocycles. The Morgan fingerprint density at radius 3 is 1.87 bits per heavy atom. The second-order valence-electron chi connectivity index (χ2n) is 13.8. The number of carbonyl (C=O) groups is 4. The molecule has 0 saturated carbocycles. The van der Waals surface area contributed by atoms with Crippen LogP contribution in [0, 0.1) is 11.8 Å². The summed E-state index contributed by atoms with van der Waals surface area (Å²) in [5.74, 6) is 1.51. The Morgan fingerprint density at radius 2 is 1.33 bits per heavy atom. The quantitative estimate of drug-likeness (QED) is 0.117. The molecule has 1 fully saturated rings. The van der Waals surface area contributed by atoms with Crippen LogP contribution < -0.4 is 10.6 Å². The van der Waals surface area contributed by atoms with Crippen LogP contribution in [0.15, 0.2) is 60.9 Å². The fraction of sp³-hybridized carbons (Fsp3) is 0.436. The van der Waals surface area contributed by atoms with Gasteiger partial charge in [0.1, 0.15) is 29.1 Å². The van der Waals surface area contributed by atoms with Gasteiger partial charge in [0.25, 0.3) is 0 Å². The maximum Gasteiger partial charge on any atom is 0.407 e. The van der Waals surface area contributed by atoms with Gasteiger partial charge < -0.3 is 39.9 Å². The standard InChI is InChI=1S/C39H50N8O6S/c1-8-17-46(35(48)32(23(2)3)44-38(50)52-6)22-31-40-20-29(42-31)27-13-9-25(10-14-27)26-11-15-28(16-12-26)30-21-41-34(43-30)37-47(18-19-54-37)36(49)33(24(4)5)45-39(51)53-7/h9-16,20-21,23-24,32-33,37H,8,17-19,22H2,1-7H3,(H,40,42)(H,41,43)(H,44,50)(H,45,51)/t32-,33-,37-/m0/s1. The molecule has 4 N–H and O–H groups in total. The number of rotatable bonds is 14. The smallest absolute Gasteiger partial charge is 0.407 e. The molecular weight excluding hydrogens is 709 g/mol. The molecule has 0 radical (unpaired) electrons. The van der Waals surface area contributed by atoms with Crippen LogP contribution in [0.2, 0.25) is 0 Å². The zero-order valence-corrected chi connectivity index (χ0v) is 32.7. The van der Waals surface area contributed by atoms with E-state index in [9.17, 15) is 19.2 Å². The fourth-order valence-corrected chi connectivity index (χ4v) is 7.49. The summed E-state index contributed by atoms with van der Waals surface area (Å²) in [6.45, 7) is 10.9. The van der Waals surface area contributed by atoms with Crippen LogP contribution in [0.1, 0.15) is 58.1 Å². The Morgan fingerprint density at radius 1 is 0.815 bits per heavy atom. The van der Waals surface area contributed by atoms with Crippen molar-refractivity contribution in [2.75, 3.05) is 33.1 Å². The van der Waals surface area contributed by atoms with E-state index in [4.69, 9.17) is 9.47 Å². The lowest BCUT2D eigenvalue weighted by Crippen LogP contribution is -2.51. The number of imidazole rings is 2. The van der Waals surface area contributed by atoms with Crippen LogP contribution in [0.5, 0.6) is 0 Å². The number of amides is 4. The molecule has 3 heterocycles. The SMILES string of the molecule is CCCN(Cc1ncc(-c2ccc(-c3ccc(-c4cnc([C@@H]5SCCN5C(=O)[C@@H](NC(=O)OC)C(C)C)[nH]4)cc3)cc2)[nH]1)C(=O)[C@@H](NC(=O)OC)C(C)C. The molecule has 288 valence electrons. The molecule has 54 heavy (non-hydrogen) atoms. The summed E-state index contributed by atoms with van der Waals surface area (Å²) in [6, 6.07) is 15.0. The minimum atomic E-state index is -0.710. The molecule has 4 amide bonds. The lowest BCUT2D eigenvalue weighted by molar-refractivity contribution is -0.135. The Bertz CT molecular complexity index is 1890. The van der Waals surface area contributed by atoms with E-state index in [2.05, 4.69) is 54.8 Å². The summed E-state index contributed by atoms with van der Waals surface area (Å²) in [7, 11) is 2.56. The first-order chi connectivity index (χ1) is 25.9. The monoisotopic (exact) mass is 758 g/mol. The van der Waals surface area contributed by atoms with E-state index < -0.39 is 24.3 Å². The number of hydrogen-bond acceptors (Lipinski definition) is 9. The molecule has 0 unspecified atom stereocenters. The summed E-state index contributed by atoms with van der Waals surface area (Å²) < 4.78 is 9.48. The number of aromatic nitrogens is 4. The van der Waals surface area contributed by atoms with Gasteiger partial charge in [-0.25, -0.2) is 19.6 Å². The van der Waals surface area contributed by atoms with Gasteiger partial charge in [0.2, 0.25) is 11.8 Å². The van der Waals surface area contributed by atoms with E-state index in [1.807, 2.05) is 58.9 Å². The molecule has 1 aliphatic heterocycles. The van der Waals surface area contributed by atoms with Gasteiger partial charge >= 0.3 is 12.2 Å². The van der Waals surface area contributed by atoms with Gasteiger partial charge in [0, 0.05) is 18.8 Å². The topological polar surface area (TPSA) is 175 Å². The van der Waals surface area contributed by atoms with Gasteiger partial charge in [-0.15, -0.1) is 11.8 Å². The van der Waals surface area contributed by atoms with Gasteiger partial charge in [-0.1, -0.05) is 83.1 Å². The maximum atomic E-state index is 13.5. The van der Waals surface area contributed by atoms with Crippen molar-refractivity contribution in [2.45, 2.75) is 65.0 Å². The number of thioether (sulfide) groups is 1. The number of H-pyrrole nitrogens is 2. The second-order valence-corrected chi connectivity index (χ2v) is 15.0. The number of methoxy groups -OCH3 is 2. The van der Waals surface area contributed by atoms with Crippen LogP contribution in [0.4, 0.5) is 9.59 Å². The average Bonchev–Trinajstić information content (AvgIpc) is 3.97. The zero-order valence-electron chi connectivity index (χ0n) is 31.8. The number of hydrogen-bond donors (Lipinski definition) is 4. The van der Waals surface area contributed by atoms with Crippen LogP contribution in [-0.4, -0.2) is 98.9 Å². The van der Waals surface area contributed by atoms with Gasteiger partial charge in [0.15, 0.2) is 0 Å². The van der Waals surface area contributed by atoms with Gasteiger partial charge in [-0.3, -0.25) is 9.59 Å². The molecule has 0 bridgehead atoms. The number of nitrogens with zero attached hydrogens (tertiary/aromatic N) is 4. The number of alkyl carbamates (subject to hydrolysis) is 2. The van der Waals surface area contributed by atoms with Crippen molar-refractivity contribution in [3.8, 4) is 33.6 Å². The molecule has 2 aromatic carbocycles. The van der Waals surface area contributed by atoms with Crippen LogP contribution in [0.25, 0.3) is 33.6 Å². The lowest BCUT2D eigenvalue weighted by Gasteiger charge is -2.29. The van der Waals surface area contributed by atoms with Gasteiger partial charge in [0.05, 0.1) is 44.5 Å². The third-order valence-corrected chi connectivity index (χ3v) is 10.5. The van der Waals surface area contributed by atoms with Crippen molar-refractivity contribution in [1.29, 1.82) is 0 Å². The van der Waals surface area contributed by atoms with Crippen molar-refractivity contribution >= 4 is 35.8 Å². The Labute approximate surface area is 320 Å². The molecule has 15 heteroatoms. The summed E-state index contributed by atoms with van der Waals surface area (Å²) in [4.78, 5) is 70.2. The van der Waals surface area contributed by atoms with E-state index in [0.717, 1.165) is 45.8 Å². The second kappa shape index (κ2) is 18.1. The highest BCUT2D eigenvalue weighted by Gasteiger charge is 2.38. The Hall–Kier alpha value is -5.31. The summed E-state index contributed by atoms with van der Waals surface area (Å²) in [6.07, 6.45) is 3.03. The summed E-state index contributed by atoms with van der Waals surface area (Å²) in [5.41, 5.74) is 5.68. The van der Waals surface area contributed by atoms with Crippen molar-refractivity contribution in [3.05, 3.63) is 72.6 Å². The number of carbonyl (C=O) groups excluding carboxylic acids is 4. The van der Waals surface area contributed by atoms with Crippen molar-refractivity contribution in [1.82, 2.24) is 40.4 Å². The fourth-order valence-electron chi connectivity index (χ4n) is 6.30. The van der Waals surface area contributed by atoms with E-state index in [0.29, 0.717) is 24.7 Å². The predicted octanol–water partition coefficient (Wildman–Crippen LogP) is 6.21. The highest BCUT2D eigenvalue weighted by molar-refractivity contribution is 7.99. The normalized spacial score (nSPS) is 15.2. The first-order valence-corrected chi connectivity index (χ1v) is 19.2. The van der Waals surface area contributed by atoms with E-state index in [1.54, 1.807) is 34.0 Å². The lowest BCUT2D eigenvalue weighted by atomic mass is 10.0. The summed E-state index contributed by atoms with van der Waals surface area (Å²) >= 11 is 1.63. The number of benzene rings is 2. The molecule has 14 nitrogen and oxygen atoms in total. The molecular formula is C39H50N8O6S. The Balaban J connectivity index is 1.23.